The first-order valence-electron chi connectivity index (χ1n) is 6.84. The van der Waals surface area contributed by atoms with Crippen LogP contribution in [0.3, 0.4) is 0 Å². The van der Waals surface area contributed by atoms with Crippen molar-refractivity contribution in [1.29, 1.82) is 0 Å². The third-order valence-corrected chi connectivity index (χ3v) is 4.71. The van der Waals surface area contributed by atoms with Gasteiger partial charge in [0.15, 0.2) is 11.5 Å². The Morgan fingerprint density at radius 2 is 2.21 bits per heavy atom. The molecule has 0 aliphatic heterocycles. The summed E-state index contributed by atoms with van der Waals surface area (Å²) < 4.78 is 5.82. The van der Waals surface area contributed by atoms with Crippen molar-refractivity contribution in [1.82, 2.24) is 4.98 Å². The molecule has 19 heavy (non-hydrogen) atoms. The van der Waals surface area contributed by atoms with E-state index in [-0.39, 0.29) is 5.56 Å². The lowest BCUT2D eigenvalue weighted by molar-refractivity contribution is 0.0697. The van der Waals surface area contributed by atoms with Crippen LogP contribution >= 0.6 is 0 Å². The Kier molecular flexibility index (Phi) is 2.22. The molecule has 2 aliphatic rings. The lowest BCUT2D eigenvalue weighted by Crippen LogP contribution is -2.08. The van der Waals surface area contributed by atoms with Gasteiger partial charge in [0.1, 0.15) is 5.52 Å². The van der Waals surface area contributed by atoms with Crippen molar-refractivity contribution in [2.24, 2.45) is 11.8 Å². The Morgan fingerprint density at radius 1 is 1.32 bits per heavy atom. The molecule has 0 amide bonds. The predicted molar refractivity (Wildman–Crippen MR) is 69.2 cm³/mol. The molecule has 0 saturated heterocycles. The number of fused-ring (bicyclic) bond motifs is 3. The summed E-state index contributed by atoms with van der Waals surface area (Å²) in [5.74, 6) is 1.89. The maximum atomic E-state index is 10.9. The van der Waals surface area contributed by atoms with Crippen LogP contribution in [0, 0.1) is 11.8 Å². The minimum Gasteiger partial charge on any atom is -0.478 e. The molecule has 1 heterocycles. The Hall–Kier alpha value is -1.84. The summed E-state index contributed by atoms with van der Waals surface area (Å²) in [4.78, 5) is 15.5. The van der Waals surface area contributed by atoms with Gasteiger partial charge in [-0.2, -0.15) is 0 Å². The van der Waals surface area contributed by atoms with Crippen LogP contribution in [0.2, 0.25) is 0 Å². The van der Waals surface area contributed by atoms with Gasteiger partial charge in [0, 0.05) is 5.92 Å². The van der Waals surface area contributed by atoms with E-state index in [0.29, 0.717) is 11.5 Å². The van der Waals surface area contributed by atoms with Crippen LogP contribution in [0.1, 0.15) is 47.8 Å². The van der Waals surface area contributed by atoms with Crippen molar-refractivity contribution < 1.29 is 14.3 Å². The molecule has 0 radical (unpaired) electrons. The fourth-order valence-electron chi connectivity index (χ4n) is 3.78. The van der Waals surface area contributed by atoms with Gasteiger partial charge in [0.25, 0.3) is 0 Å². The number of hydrogen-bond donors (Lipinski definition) is 1. The smallest absolute Gasteiger partial charge is 0.335 e. The molecule has 4 heteroatoms. The van der Waals surface area contributed by atoms with Crippen LogP contribution < -0.4 is 0 Å². The molecule has 2 bridgehead atoms. The van der Waals surface area contributed by atoms with Crippen LogP contribution in [0.4, 0.5) is 0 Å². The van der Waals surface area contributed by atoms with E-state index in [2.05, 4.69) is 4.98 Å². The quantitative estimate of drug-likeness (QED) is 0.895. The lowest BCUT2D eigenvalue weighted by atomic mass is 9.89. The summed E-state index contributed by atoms with van der Waals surface area (Å²) in [5.41, 5.74) is 1.61. The fourth-order valence-corrected chi connectivity index (χ4v) is 3.78. The zero-order valence-corrected chi connectivity index (χ0v) is 10.5. The molecular formula is C15H15NO3. The van der Waals surface area contributed by atoms with Crippen LogP contribution in [-0.4, -0.2) is 16.1 Å². The number of rotatable bonds is 2. The van der Waals surface area contributed by atoms with Crippen molar-refractivity contribution in [3.63, 3.8) is 0 Å². The predicted octanol–water partition coefficient (Wildman–Crippen LogP) is 3.43. The van der Waals surface area contributed by atoms with E-state index in [0.717, 1.165) is 23.2 Å². The van der Waals surface area contributed by atoms with Crippen molar-refractivity contribution in [2.45, 2.75) is 31.6 Å². The van der Waals surface area contributed by atoms with Crippen LogP contribution in [0.25, 0.3) is 11.1 Å². The maximum absolute atomic E-state index is 10.9. The van der Waals surface area contributed by atoms with Crippen molar-refractivity contribution in [3.8, 4) is 0 Å². The number of hydrogen-bond acceptors (Lipinski definition) is 3. The highest BCUT2D eigenvalue weighted by Gasteiger charge is 2.42. The molecule has 2 fully saturated rings. The zero-order chi connectivity index (χ0) is 13.0. The number of oxazole rings is 1. The molecule has 1 aromatic carbocycles. The Morgan fingerprint density at radius 3 is 2.89 bits per heavy atom. The number of carboxylic acid groups (broad SMARTS) is 1. The standard InChI is InChI=1S/C15H15NO3/c17-15(18)10-3-4-12-13(7-10)19-14(16-12)11-6-8-1-2-9(11)5-8/h3-4,7-9,11H,1-2,5-6H2,(H,17,18). The minimum absolute atomic E-state index is 0.253. The Labute approximate surface area is 110 Å². The highest BCUT2D eigenvalue weighted by atomic mass is 16.4. The summed E-state index contributed by atoms with van der Waals surface area (Å²) in [6, 6.07) is 4.89. The summed E-state index contributed by atoms with van der Waals surface area (Å²) in [6.45, 7) is 0. The van der Waals surface area contributed by atoms with E-state index in [1.807, 2.05) is 0 Å². The van der Waals surface area contributed by atoms with Gasteiger partial charge in [-0.15, -0.1) is 0 Å². The van der Waals surface area contributed by atoms with Gasteiger partial charge >= 0.3 is 5.97 Å². The number of aromatic carboxylic acids is 1. The maximum Gasteiger partial charge on any atom is 0.335 e. The highest BCUT2D eigenvalue weighted by Crippen LogP contribution is 2.52. The summed E-state index contributed by atoms with van der Waals surface area (Å²) in [5, 5.41) is 8.99. The third-order valence-electron chi connectivity index (χ3n) is 4.71. The lowest BCUT2D eigenvalue weighted by Gasteiger charge is -2.17. The molecule has 2 aliphatic carbocycles. The van der Waals surface area contributed by atoms with Gasteiger partial charge in [-0.05, 0) is 49.3 Å². The summed E-state index contributed by atoms with van der Waals surface area (Å²) >= 11 is 0. The molecule has 0 spiro atoms. The SMILES string of the molecule is O=C(O)c1ccc2nc(C3CC4CCC3C4)oc2c1. The number of aromatic nitrogens is 1. The average Bonchev–Trinajstić information content (AvgIpc) is 3.11. The number of carbonyl (C=O) groups is 1. The molecule has 2 saturated carbocycles. The topological polar surface area (TPSA) is 63.3 Å². The van der Waals surface area contributed by atoms with Crippen LogP contribution in [0.15, 0.2) is 22.6 Å². The minimum atomic E-state index is -0.931. The molecule has 2 aromatic rings. The first-order valence-corrected chi connectivity index (χ1v) is 6.84. The molecule has 1 N–H and O–H groups in total. The molecular weight excluding hydrogens is 242 g/mol. The van der Waals surface area contributed by atoms with Gasteiger partial charge in [0.05, 0.1) is 5.56 Å². The summed E-state index contributed by atoms with van der Waals surface area (Å²) in [6.07, 6.45) is 5.13. The van der Waals surface area contributed by atoms with Crippen molar-refractivity contribution >= 4 is 17.1 Å². The van der Waals surface area contributed by atoms with E-state index in [1.165, 1.54) is 25.7 Å². The molecule has 3 unspecified atom stereocenters. The van der Waals surface area contributed by atoms with E-state index >= 15 is 0 Å². The van der Waals surface area contributed by atoms with E-state index in [4.69, 9.17) is 9.52 Å². The van der Waals surface area contributed by atoms with E-state index in [1.54, 1.807) is 18.2 Å². The van der Waals surface area contributed by atoms with E-state index in [9.17, 15) is 4.79 Å². The molecule has 4 nitrogen and oxygen atoms in total. The van der Waals surface area contributed by atoms with Gasteiger partial charge in [0.2, 0.25) is 0 Å². The summed E-state index contributed by atoms with van der Waals surface area (Å²) in [7, 11) is 0. The monoisotopic (exact) mass is 257 g/mol. The number of carboxylic acids is 1. The Bertz CT molecular complexity index is 660. The molecule has 98 valence electrons. The normalized spacial score (nSPS) is 29.2. The second kappa shape index (κ2) is 3.83. The Balaban J connectivity index is 1.73. The molecule has 4 rings (SSSR count). The average molecular weight is 257 g/mol. The third kappa shape index (κ3) is 1.66. The van der Waals surface area contributed by atoms with Gasteiger partial charge < -0.3 is 9.52 Å². The van der Waals surface area contributed by atoms with Gasteiger partial charge in [-0.25, -0.2) is 9.78 Å². The first kappa shape index (κ1) is 11.0. The molecule has 1 aromatic heterocycles. The van der Waals surface area contributed by atoms with Crippen molar-refractivity contribution in [2.75, 3.05) is 0 Å². The van der Waals surface area contributed by atoms with Crippen LogP contribution in [0.5, 0.6) is 0 Å². The largest absolute Gasteiger partial charge is 0.478 e. The van der Waals surface area contributed by atoms with Gasteiger partial charge in [-0.3, -0.25) is 0 Å². The fraction of sp³-hybridized carbons (Fsp3) is 0.467. The van der Waals surface area contributed by atoms with Crippen LogP contribution in [-0.2, 0) is 0 Å². The second-order valence-corrected chi connectivity index (χ2v) is 5.82. The number of benzene rings is 1. The first-order chi connectivity index (χ1) is 9.20. The van der Waals surface area contributed by atoms with Crippen molar-refractivity contribution in [3.05, 3.63) is 29.7 Å². The van der Waals surface area contributed by atoms with Gasteiger partial charge in [-0.1, -0.05) is 6.42 Å². The molecule has 3 atom stereocenters. The highest BCUT2D eigenvalue weighted by molar-refractivity contribution is 5.91. The number of nitrogens with zero attached hydrogens (tertiary/aromatic N) is 1. The zero-order valence-electron chi connectivity index (χ0n) is 10.5. The van der Waals surface area contributed by atoms with E-state index < -0.39 is 5.97 Å². The second-order valence-electron chi connectivity index (χ2n) is 5.82.